The molecule has 4 nitrogen and oxygen atoms in total. The van der Waals surface area contributed by atoms with E-state index in [2.05, 4.69) is 14.5 Å². The molecule has 0 unspecified atom stereocenters. The van der Waals surface area contributed by atoms with Gasteiger partial charge in [-0.15, -0.1) is 8.78 Å². The number of rotatable bonds is 2. The summed E-state index contributed by atoms with van der Waals surface area (Å²) in [4.78, 5) is 13.6. The normalized spacial score (nSPS) is 15.7. The van der Waals surface area contributed by atoms with Crippen molar-refractivity contribution < 1.29 is 23.0 Å². The highest BCUT2D eigenvalue weighted by Crippen LogP contribution is 2.47. The number of hydrogen-bond donors (Lipinski definition) is 1. The molecule has 2 aromatic rings. The second kappa shape index (κ2) is 3.56. The van der Waals surface area contributed by atoms with E-state index in [-0.39, 0.29) is 11.5 Å². The zero-order valence-electron chi connectivity index (χ0n) is 8.94. The van der Waals surface area contributed by atoms with E-state index in [9.17, 15) is 13.6 Å². The van der Waals surface area contributed by atoms with E-state index in [0.29, 0.717) is 23.0 Å². The third-order valence-corrected chi connectivity index (χ3v) is 2.62. The van der Waals surface area contributed by atoms with Crippen molar-refractivity contribution in [3.05, 3.63) is 36.2 Å². The van der Waals surface area contributed by atoms with E-state index < -0.39 is 6.29 Å². The molecule has 0 aliphatic carbocycles. The third kappa shape index (κ3) is 1.54. The Morgan fingerprint density at radius 1 is 1.17 bits per heavy atom. The zero-order valence-corrected chi connectivity index (χ0v) is 8.94. The van der Waals surface area contributed by atoms with Gasteiger partial charge in [-0.3, -0.25) is 4.79 Å². The van der Waals surface area contributed by atoms with Gasteiger partial charge in [0.2, 0.25) is 0 Å². The van der Waals surface area contributed by atoms with Crippen LogP contribution < -0.4 is 9.47 Å². The molecule has 1 aromatic carbocycles. The first-order valence-corrected chi connectivity index (χ1v) is 5.12. The number of aldehydes is 1. The SMILES string of the molecule is O=Cc1c[nH]cc1-c1cccc2c1OC(F)(F)O2. The average molecular weight is 251 g/mol. The van der Waals surface area contributed by atoms with Gasteiger partial charge in [0.25, 0.3) is 0 Å². The van der Waals surface area contributed by atoms with Crippen LogP contribution in [0.15, 0.2) is 30.6 Å². The molecule has 3 rings (SSSR count). The smallest absolute Gasteiger partial charge is 0.395 e. The lowest BCUT2D eigenvalue weighted by atomic mass is 10.0. The van der Waals surface area contributed by atoms with Crippen LogP contribution in [-0.4, -0.2) is 17.6 Å². The number of nitrogens with one attached hydrogen (secondary N) is 1. The minimum absolute atomic E-state index is 0.0458. The topological polar surface area (TPSA) is 51.3 Å². The van der Waals surface area contributed by atoms with Gasteiger partial charge >= 0.3 is 6.29 Å². The first kappa shape index (κ1) is 10.8. The van der Waals surface area contributed by atoms with Crippen molar-refractivity contribution in [2.45, 2.75) is 6.29 Å². The molecule has 18 heavy (non-hydrogen) atoms. The maximum Gasteiger partial charge on any atom is 0.586 e. The molecule has 1 N–H and O–H groups in total. The molecule has 0 amide bonds. The molecule has 0 radical (unpaired) electrons. The van der Waals surface area contributed by atoms with Crippen LogP contribution in [0.3, 0.4) is 0 Å². The van der Waals surface area contributed by atoms with E-state index >= 15 is 0 Å². The van der Waals surface area contributed by atoms with Crippen molar-refractivity contribution in [1.82, 2.24) is 4.98 Å². The fraction of sp³-hybridized carbons (Fsp3) is 0.0833. The van der Waals surface area contributed by atoms with Crippen LogP contribution in [-0.2, 0) is 0 Å². The first-order chi connectivity index (χ1) is 8.61. The van der Waals surface area contributed by atoms with Gasteiger partial charge in [0.05, 0.1) is 0 Å². The third-order valence-electron chi connectivity index (χ3n) is 2.62. The Kier molecular flexibility index (Phi) is 2.13. The summed E-state index contributed by atoms with van der Waals surface area (Å²) in [7, 11) is 0. The van der Waals surface area contributed by atoms with Crippen LogP contribution in [0.5, 0.6) is 11.5 Å². The fourth-order valence-corrected chi connectivity index (χ4v) is 1.89. The summed E-state index contributed by atoms with van der Waals surface area (Å²) in [5.41, 5.74) is 1.23. The predicted octanol–water partition coefficient (Wildman–Crippen LogP) is 2.82. The Hall–Kier alpha value is -2.37. The summed E-state index contributed by atoms with van der Waals surface area (Å²) in [6.07, 6.45) is -0.00981. The average Bonchev–Trinajstić information content (AvgIpc) is 2.89. The molecule has 1 aromatic heterocycles. The second-order valence-electron chi connectivity index (χ2n) is 3.74. The van der Waals surface area contributed by atoms with Gasteiger partial charge in [-0.25, -0.2) is 0 Å². The van der Waals surface area contributed by atoms with E-state index in [1.54, 1.807) is 18.3 Å². The summed E-state index contributed by atoms with van der Waals surface area (Å²) in [5, 5.41) is 0. The van der Waals surface area contributed by atoms with Crippen LogP contribution >= 0.6 is 0 Å². The summed E-state index contributed by atoms with van der Waals surface area (Å²) in [5.74, 6) is -0.110. The highest BCUT2D eigenvalue weighted by molar-refractivity contribution is 5.89. The van der Waals surface area contributed by atoms with E-state index in [0.717, 1.165) is 0 Å². The first-order valence-electron chi connectivity index (χ1n) is 5.12. The van der Waals surface area contributed by atoms with Crippen LogP contribution in [0.2, 0.25) is 0 Å². The molecular formula is C12H7F2NO3. The summed E-state index contributed by atoms with van der Waals surface area (Å²) in [6.45, 7) is 0. The monoisotopic (exact) mass is 251 g/mol. The Morgan fingerprint density at radius 3 is 2.78 bits per heavy atom. The van der Waals surface area contributed by atoms with Gasteiger partial charge in [0.15, 0.2) is 17.8 Å². The summed E-state index contributed by atoms with van der Waals surface area (Å²) in [6, 6.07) is 4.52. The lowest BCUT2D eigenvalue weighted by molar-refractivity contribution is -0.286. The maximum absolute atomic E-state index is 13.0. The molecule has 2 heterocycles. The minimum Gasteiger partial charge on any atom is -0.395 e. The number of hydrogen-bond acceptors (Lipinski definition) is 3. The van der Waals surface area contributed by atoms with Crippen LogP contribution in [0.1, 0.15) is 10.4 Å². The Balaban J connectivity index is 2.16. The Morgan fingerprint density at radius 2 is 2.00 bits per heavy atom. The lowest BCUT2D eigenvalue weighted by Crippen LogP contribution is -2.26. The largest absolute Gasteiger partial charge is 0.586 e. The number of benzene rings is 1. The number of para-hydroxylation sites is 1. The predicted molar refractivity (Wildman–Crippen MR) is 57.8 cm³/mol. The number of carbonyl (C=O) groups excluding carboxylic acids is 1. The number of alkyl halides is 2. The quantitative estimate of drug-likeness (QED) is 0.835. The van der Waals surface area contributed by atoms with Gasteiger partial charge < -0.3 is 14.5 Å². The number of aromatic nitrogens is 1. The van der Waals surface area contributed by atoms with Gasteiger partial charge in [-0.05, 0) is 6.07 Å². The molecule has 0 saturated carbocycles. The summed E-state index contributed by atoms with van der Waals surface area (Å²) < 4.78 is 34.9. The molecule has 92 valence electrons. The second-order valence-corrected chi connectivity index (χ2v) is 3.74. The molecule has 0 spiro atoms. The number of H-pyrrole nitrogens is 1. The number of carbonyl (C=O) groups is 1. The molecule has 0 fully saturated rings. The van der Waals surface area contributed by atoms with Gasteiger partial charge in [-0.1, -0.05) is 12.1 Å². The molecular weight excluding hydrogens is 244 g/mol. The highest BCUT2D eigenvalue weighted by Gasteiger charge is 2.44. The van der Waals surface area contributed by atoms with E-state index in [1.165, 1.54) is 12.3 Å². The van der Waals surface area contributed by atoms with Crippen molar-refractivity contribution >= 4 is 6.29 Å². The van der Waals surface area contributed by atoms with Crippen LogP contribution in [0.25, 0.3) is 11.1 Å². The maximum atomic E-state index is 13.0. The number of aromatic amines is 1. The van der Waals surface area contributed by atoms with Crippen molar-refractivity contribution in [3.63, 3.8) is 0 Å². The Labute approximate surface area is 100 Å². The van der Waals surface area contributed by atoms with Crippen LogP contribution in [0.4, 0.5) is 8.78 Å². The molecule has 1 aliphatic rings. The van der Waals surface area contributed by atoms with E-state index in [4.69, 9.17) is 0 Å². The van der Waals surface area contributed by atoms with Gasteiger partial charge in [0, 0.05) is 29.1 Å². The van der Waals surface area contributed by atoms with Gasteiger partial charge in [-0.2, -0.15) is 0 Å². The molecule has 6 heteroatoms. The molecule has 0 bridgehead atoms. The van der Waals surface area contributed by atoms with Crippen molar-refractivity contribution in [1.29, 1.82) is 0 Å². The van der Waals surface area contributed by atoms with Crippen molar-refractivity contribution in [3.8, 4) is 22.6 Å². The standard InChI is InChI=1S/C12H7F2NO3/c13-12(14)17-10-3-1-2-8(11(10)18-12)9-5-15-4-7(9)6-16/h1-6,15H. The molecule has 0 atom stereocenters. The minimum atomic E-state index is -3.67. The lowest BCUT2D eigenvalue weighted by Gasteiger charge is -2.06. The highest BCUT2D eigenvalue weighted by atomic mass is 19.3. The van der Waals surface area contributed by atoms with Gasteiger partial charge in [0.1, 0.15) is 0 Å². The Bertz CT molecular complexity index is 622. The fourth-order valence-electron chi connectivity index (χ4n) is 1.89. The van der Waals surface area contributed by atoms with Crippen LogP contribution in [0, 0.1) is 0 Å². The number of fused-ring (bicyclic) bond motifs is 1. The summed E-state index contributed by atoms with van der Waals surface area (Å²) >= 11 is 0. The number of ether oxygens (including phenoxy) is 2. The number of halogens is 2. The van der Waals surface area contributed by atoms with E-state index in [1.807, 2.05) is 0 Å². The zero-order chi connectivity index (χ0) is 12.8. The molecule has 1 aliphatic heterocycles. The molecule has 0 saturated heterocycles. The van der Waals surface area contributed by atoms with Crippen molar-refractivity contribution in [2.75, 3.05) is 0 Å². The van der Waals surface area contributed by atoms with Crippen molar-refractivity contribution in [2.24, 2.45) is 0 Å².